The first-order chi connectivity index (χ1) is 9.72. The van der Waals surface area contributed by atoms with E-state index in [-0.39, 0.29) is 5.91 Å². The third-order valence-electron chi connectivity index (χ3n) is 3.09. The summed E-state index contributed by atoms with van der Waals surface area (Å²) in [4.78, 5) is 24.0. The average Bonchev–Trinajstić information content (AvgIpc) is 2.53. The lowest BCUT2D eigenvalue weighted by atomic mass is 10.1. The van der Waals surface area contributed by atoms with Crippen molar-refractivity contribution >= 4 is 11.9 Å². The van der Waals surface area contributed by atoms with Crippen LogP contribution in [0.1, 0.15) is 11.6 Å². The molecule has 0 aromatic heterocycles. The van der Waals surface area contributed by atoms with Crippen LogP contribution in [0.5, 0.6) is 0 Å². The normalized spacial score (nSPS) is 19.9. The van der Waals surface area contributed by atoms with Crippen molar-refractivity contribution in [3.8, 4) is 0 Å². The van der Waals surface area contributed by atoms with E-state index in [4.69, 9.17) is 9.47 Å². The summed E-state index contributed by atoms with van der Waals surface area (Å²) in [6.45, 7) is 1.50. The minimum absolute atomic E-state index is 0.274. The smallest absolute Gasteiger partial charge is 0.333 e. The maximum Gasteiger partial charge on any atom is 0.333 e. The number of carbonyl (C=O) groups excluding carboxylic acids is 2. The molecule has 0 radical (unpaired) electrons. The van der Waals surface area contributed by atoms with E-state index in [1.54, 1.807) is 24.3 Å². The van der Waals surface area contributed by atoms with E-state index in [0.29, 0.717) is 25.3 Å². The van der Waals surface area contributed by atoms with Gasteiger partial charge in [-0.2, -0.15) is 0 Å². The Morgan fingerprint density at radius 2 is 2.15 bits per heavy atom. The van der Waals surface area contributed by atoms with E-state index < -0.39 is 18.1 Å². The first kappa shape index (κ1) is 14.5. The molecule has 0 aliphatic carbocycles. The van der Waals surface area contributed by atoms with Crippen LogP contribution in [-0.4, -0.2) is 44.8 Å². The number of morpholine rings is 1. The Bertz CT molecular complexity index is 458. The molecule has 20 heavy (non-hydrogen) atoms. The fourth-order valence-corrected chi connectivity index (χ4v) is 2.02. The highest BCUT2D eigenvalue weighted by Crippen LogP contribution is 2.14. The molecule has 6 nitrogen and oxygen atoms in total. The van der Waals surface area contributed by atoms with Gasteiger partial charge in [0.15, 0.2) is 6.04 Å². The van der Waals surface area contributed by atoms with Gasteiger partial charge in [0.1, 0.15) is 6.04 Å². The van der Waals surface area contributed by atoms with Gasteiger partial charge in [-0.1, -0.05) is 30.3 Å². The third-order valence-corrected chi connectivity index (χ3v) is 3.09. The molecular weight excluding hydrogens is 260 g/mol. The van der Waals surface area contributed by atoms with Crippen molar-refractivity contribution in [1.29, 1.82) is 0 Å². The zero-order valence-electron chi connectivity index (χ0n) is 11.3. The lowest BCUT2D eigenvalue weighted by Crippen LogP contribution is -2.52. The summed E-state index contributed by atoms with van der Waals surface area (Å²) in [5.41, 5.74) is 0.685. The molecule has 2 rings (SSSR count). The van der Waals surface area contributed by atoms with Gasteiger partial charge in [-0.3, -0.25) is 4.79 Å². The number of amides is 1. The SMILES string of the molecule is COC(=O)C(NC(=O)C1COCCN1)c1ccccc1. The Balaban J connectivity index is 2.08. The molecule has 1 amide bonds. The Morgan fingerprint density at radius 1 is 1.40 bits per heavy atom. The van der Waals surface area contributed by atoms with Crippen LogP contribution >= 0.6 is 0 Å². The summed E-state index contributed by atoms with van der Waals surface area (Å²) in [5, 5.41) is 5.74. The fourth-order valence-electron chi connectivity index (χ4n) is 2.02. The van der Waals surface area contributed by atoms with Gasteiger partial charge in [-0.15, -0.1) is 0 Å². The number of hydrogen-bond acceptors (Lipinski definition) is 5. The first-order valence-corrected chi connectivity index (χ1v) is 6.46. The fraction of sp³-hybridized carbons (Fsp3) is 0.429. The number of carbonyl (C=O) groups is 2. The quantitative estimate of drug-likeness (QED) is 0.759. The van der Waals surface area contributed by atoms with Gasteiger partial charge < -0.3 is 20.1 Å². The van der Waals surface area contributed by atoms with E-state index in [1.807, 2.05) is 6.07 Å². The second-order valence-corrected chi connectivity index (χ2v) is 4.46. The van der Waals surface area contributed by atoms with E-state index in [9.17, 15) is 9.59 Å². The number of rotatable bonds is 4. The Morgan fingerprint density at radius 3 is 2.75 bits per heavy atom. The van der Waals surface area contributed by atoms with Crippen LogP contribution in [0.25, 0.3) is 0 Å². The van der Waals surface area contributed by atoms with Crippen molar-refractivity contribution in [2.45, 2.75) is 12.1 Å². The maximum absolute atomic E-state index is 12.1. The van der Waals surface area contributed by atoms with Crippen LogP contribution < -0.4 is 10.6 Å². The zero-order valence-corrected chi connectivity index (χ0v) is 11.3. The molecule has 1 saturated heterocycles. The van der Waals surface area contributed by atoms with Gasteiger partial charge in [0.2, 0.25) is 5.91 Å². The summed E-state index contributed by atoms with van der Waals surface area (Å²) >= 11 is 0. The highest BCUT2D eigenvalue weighted by molar-refractivity contribution is 5.88. The van der Waals surface area contributed by atoms with Gasteiger partial charge in [0.25, 0.3) is 0 Å². The highest BCUT2D eigenvalue weighted by Gasteiger charge is 2.28. The van der Waals surface area contributed by atoms with Crippen molar-refractivity contribution in [2.24, 2.45) is 0 Å². The van der Waals surface area contributed by atoms with Crippen molar-refractivity contribution in [3.05, 3.63) is 35.9 Å². The predicted molar refractivity (Wildman–Crippen MR) is 72.0 cm³/mol. The summed E-state index contributed by atoms with van der Waals surface area (Å²) in [6.07, 6.45) is 0. The summed E-state index contributed by atoms with van der Waals surface area (Å²) in [7, 11) is 1.30. The van der Waals surface area contributed by atoms with Crippen LogP contribution in [0.3, 0.4) is 0 Å². The van der Waals surface area contributed by atoms with Crippen LogP contribution in [-0.2, 0) is 19.1 Å². The zero-order chi connectivity index (χ0) is 14.4. The first-order valence-electron chi connectivity index (χ1n) is 6.46. The number of hydrogen-bond donors (Lipinski definition) is 2. The number of nitrogens with one attached hydrogen (secondary N) is 2. The van der Waals surface area contributed by atoms with Crippen molar-refractivity contribution in [2.75, 3.05) is 26.9 Å². The van der Waals surface area contributed by atoms with E-state index in [1.165, 1.54) is 7.11 Å². The minimum atomic E-state index is -0.808. The molecule has 1 aliphatic heterocycles. The third kappa shape index (κ3) is 3.55. The molecule has 2 atom stereocenters. The van der Waals surface area contributed by atoms with Crippen LogP contribution in [0, 0.1) is 0 Å². The second-order valence-electron chi connectivity index (χ2n) is 4.46. The van der Waals surface area contributed by atoms with Crippen LogP contribution in [0.4, 0.5) is 0 Å². The largest absolute Gasteiger partial charge is 0.467 e. The van der Waals surface area contributed by atoms with E-state index >= 15 is 0 Å². The molecule has 0 bridgehead atoms. The molecule has 2 unspecified atom stereocenters. The minimum Gasteiger partial charge on any atom is -0.467 e. The van der Waals surface area contributed by atoms with Gasteiger partial charge in [-0.05, 0) is 5.56 Å². The van der Waals surface area contributed by atoms with Crippen molar-refractivity contribution in [3.63, 3.8) is 0 Å². The van der Waals surface area contributed by atoms with Gasteiger partial charge in [0.05, 0.1) is 20.3 Å². The molecule has 1 aromatic rings. The number of benzene rings is 1. The lowest BCUT2D eigenvalue weighted by Gasteiger charge is -2.25. The predicted octanol–water partition coefficient (Wildman–Crippen LogP) is 0.00530. The molecule has 2 N–H and O–H groups in total. The summed E-state index contributed by atoms with van der Waals surface area (Å²) < 4.78 is 9.99. The van der Waals surface area contributed by atoms with Crippen molar-refractivity contribution < 1.29 is 19.1 Å². The van der Waals surface area contributed by atoms with Crippen LogP contribution in [0.2, 0.25) is 0 Å². The molecule has 6 heteroatoms. The van der Waals surface area contributed by atoms with E-state index in [0.717, 1.165) is 0 Å². The molecule has 1 heterocycles. The Labute approximate surface area is 117 Å². The van der Waals surface area contributed by atoms with Gasteiger partial charge in [-0.25, -0.2) is 4.79 Å². The number of methoxy groups -OCH3 is 1. The van der Waals surface area contributed by atoms with Crippen molar-refractivity contribution in [1.82, 2.24) is 10.6 Å². The van der Waals surface area contributed by atoms with Gasteiger partial charge >= 0.3 is 5.97 Å². The second kappa shape index (κ2) is 7.02. The Kier molecular flexibility index (Phi) is 5.09. The summed E-state index contributed by atoms with van der Waals surface area (Å²) in [5.74, 6) is -0.773. The molecule has 108 valence electrons. The Hall–Kier alpha value is -1.92. The number of esters is 1. The molecule has 1 aliphatic rings. The standard InChI is InChI=1S/C14H18N2O4/c1-19-14(18)12(10-5-3-2-4-6-10)16-13(17)11-9-20-8-7-15-11/h2-6,11-12,15H,7-9H2,1H3,(H,16,17). The molecule has 1 aromatic carbocycles. The molecule has 1 fully saturated rings. The average molecular weight is 278 g/mol. The van der Waals surface area contributed by atoms with E-state index in [2.05, 4.69) is 10.6 Å². The number of ether oxygens (including phenoxy) is 2. The molecular formula is C14H18N2O4. The topological polar surface area (TPSA) is 76.7 Å². The highest BCUT2D eigenvalue weighted by atomic mass is 16.5. The molecule has 0 saturated carbocycles. The monoisotopic (exact) mass is 278 g/mol. The lowest BCUT2D eigenvalue weighted by molar-refractivity contribution is -0.146. The maximum atomic E-state index is 12.1. The summed E-state index contributed by atoms with van der Waals surface area (Å²) in [6, 6.07) is 7.74. The van der Waals surface area contributed by atoms with Gasteiger partial charge in [0, 0.05) is 6.54 Å². The van der Waals surface area contributed by atoms with Crippen LogP contribution in [0.15, 0.2) is 30.3 Å². The molecule has 0 spiro atoms.